The van der Waals surface area contributed by atoms with Gasteiger partial charge in [-0.25, -0.2) is 4.39 Å². The summed E-state index contributed by atoms with van der Waals surface area (Å²) in [6.07, 6.45) is 0. The van der Waals surface area contributed by atoms with Crippen LogP contribution in [-0.4, -0.2) is 22.5 Å². The molecular weight excluding hydrogens is 355 g/mol. The van der Waals surface area contributed by atoms with Crippen molar-refractivity contribution in [1.29, 1.82) is 0 Å². The van der Waals surface area contributed by atoms with Gasteiger partial charge in [-0.05, 0) is 49.6 Å². The van der Waals surface area contributed by atoms with Gasteiger partial charge < -0.3 is 9.42 Å². The summed E-state index contributed by atoms with van der Waals surface area (Å²) >= 11 is 0. The number of halogens is 1. The normalized spacial score (nSPS) is 11.1. The highest BCUT2D eigenvalue weighted by atomic mass is 19.1. The maximum atomic E-state index is 13.5. The molecule has 3 rings (SSSR count). The van der Waals surface area contributed by atoms with Crippen molar-refractivity contribution in [3.63, 3.8) is 0 Å². The Morgan fingerprint density at radius 3 is 2.64 bits per heavy atom. The highest BCUT2D eigenvalue weighted by Gasteiger charge is 2.20. The molecule has 0 N–H and O–H groups in total. The van der Waals surface area contributed by atoms with E-state index in [9.17, 15) is 9.18 Å². The van der Waals surface area contributed by atoms with Crippen LogP contribution in [0.2, 0.25) is 0 Å². The van der Waals surface area contributed by atoms with Gasteiger partial charge in [-0.15, -0.1) is 0 Å². The molecule has 28 heavy (non-hydrogen) atoms. The highest BCUT2D eigenvalue weighted by Crippen LogP contribution is 2.26. The van der Waals surface area contributed by atoms with Crippen molar-refractivity contribution in [1.82, 2.24) is 10.1 Å². The number of hydrogen-bond acceptors (Lipinski definition) is 3. The molecule has 0 aliphatic rings. The molecule has 0 atom stereocenters. The molecule has 0 aliphatic heterocycles. The lowest BCUT2D eigenvalue weighted by Gasteiger charge is -2.23. The van der Waals surface area contributed by atoms with E-state index < -0.39 is 5.82 Å². The summed E-state index contributed by atoms with van der Waals surface area (Å²) in [5, 5.41) is 4.16. The zero-order valence-corrected chi connectivity index (χ0v) is 16.7. The van der Waals surface area contributed by atoms with Crippen molar-refractivity contribution in [2.45, 2.75) is 34.2 Å². The number of amides is 1. The molecule has 0 saturated heterocycles. The Morgan fingerprint density at radius 1 is 1.14 bits per heavy atom. The van der Waals surface area contributed by atoms with Crippen LogP contribution in [0.4, 0.5) is 4.39 Å². The first-order valence-corrected chi connectivity index (χ1v) is 9.41. The third-order valence-electron chi connectivity index (χ3n) is 4.51. The number of carbonyl (C=O) groups is 1. The average molecular weight is 380 g/mol. The fraction of sp³-hybridized carbons (Fsp3) is 0.304. The van der Waals surface area contributed by atoms with E-state index in [4.69, 9.17) is 4.52 Å². The van der Waals surface area contributed by atoms with Gasteiger partial charge in [0.2, 0.25) is 0 Å². The van der Waals surface area contributed by atoms with E-state index in [0.717, 1.165) is 16.7 Å². The van der Waals surface area contributed by atoms with Crippen LogP contribution in [0.3, 0.4) is 0 Å². The largest absolute Gasteiger partial charge is 0.356 e. The highest BCUT2D eigenvalue weighted by molar-refractivity contribution is 5.94. The molecule has 1 aromatic heterocycles. The number of hydrogen-bond donors (Lipinski definition) is 0. The minimum atomic E-state index is -0.422. The van der Waals surface area contributed by atoms with Crippen LogP contribution in [0.25, 0.3) is 11.3 Å². The first kappa shape index (κ1) is 19.8. The van der Waals surface area contributed by atoms with Crippen molar-refractivity contribution in [3.05, 3.63) is 76.7 Å². The van der Waals surface area contributed by atoms with Crippen LogP contribution >= 0.6 is 0 Å². The van der Waals surface area contributed by atoms with E-state index >= 15 is 0 Å². The van der Waals surface area contributed by atoms with Crippen molar-refractivity contribution in [2.75, 3.05) is 6.54 Å². The molecule has 0 aliphatic carbocycles. The van der Waals surface area contributed by atoms with Gasteiger partial charge in [-0.2, -0.15) is 0 Å². The molecule has 0 radical (unpaired) electrons. The zero-order chi connectivity index (χ0) is 20.3. The van der Waals surface area contributed by atoms with E-state index in [2.05, 4.69) is 17.3 Å². The van der Waals surface area contributed by atoms with Crippen LogP contribution in [0.1, 0.15) is 41.0 Å². The molecule has 0 bridgehead atoms. The molecule has 0 saturated carbocycles. The van der Waals surface area contributed by atoms with Crippen molar-refractivity contribution in [2.24, 2.45) is 5.92 Å². The number of nitrogens with zero attached hydrogens (tertiary/aromatic N) is 2. The Balaban J connectivity index is 1.85. The van der Waals surface area contributed by atoms with Crippen LogP contribution in [0, 0.1) is 25.6 Å². The van der Waals surface area contributed by atoms with Gasteiger partial charge in [0, 0.05) is 23.7 Å². The summed E-state index contributed by atoms with van der Waals surface area (Å²) in [6.45, 7) is 8.98. The first-order chi connectivity index (χ1) is 13.3. The van der Waals surface area contributed by atoms with Crippen molar-refractivity contribution >= 4 is 5.91 Å². The van der Waals surface area contributed by atoms with Gasteiger partial charge in [-0.1, -0.05) is 42.8 Å². The van der Waals surface area contributed by atoms with Crippen LogP contribution < -0.4 is 0 Å². The maximum absolute atomic E-state index is 13.5. The average Bonchev–Trinajstić information content (AvgIpc) is 3.10. The molecule has 0 spiro atoms. The quantitative estimate of drug-likeness (QED) is 0.575. The third-order valence-corrected chi connectivity index (χ3v) is 4.51. The first-order valence-electron chi connectivity index (χ1n) is 9.41. The number of aromatic nitrogens is 1. The Bertz CT molecular complexity index is 978. The van der Waals surface area contributed by atoms with Crippen molar-refractivity contribution in [3.8, 4) is 11.3 Å². The molecule has 1 heterocycles. The second kappa shape index (κ2) is 8.38. The minimum Gasteiger partial charge on any atom is -0.356 e. The number of aryl methyl sites for hydroxylation is 2. The maximum Gasteiger partial charge on any atom is 0.254 e. The van der Waals surface area contributed by atoms with Crippen LogP contribution in [-0.2, 0) is 6.54 Å². The Morgan fingerprint density at radius 2 is 1.93 bits per heavy atom. The molecule has 2 aromatic carbocycles. The Hall–Kier alpha value is -2.95. The molecule has 3 aromatic rings. The van der Waals surface area contributed by atoms with Gasteiger partial charge in [0.25, 0.3) is 5.91 Å². The Labute approximate surface area is 165 Å². The number of benzene rings is 2. The summed E-state index contributed by atoms with van der Waals surface area (Å²) in [7, 11) is 0. The summed E-state index contributed by atoms with van der Waals surface area (Å²) in [5.41, 5.74) is 4.23. The fourth-order valence-electron chi connectivity index (χ4n) is 3.17. The van der Waals surface area contributed by atoms with Gasteiger partial charge in [0.1, 0.15) is 11.5 Å². The summed E-state index contributed by atoms with van der Waals surface area (Å²) in [6, 6.07) is 13.8. The summed E-state index contributed by atoms with van der Waals surface area (Å²) < 4.78 is 19.1. The number of carbonyl (C=O) groups excluding carboxylic acids is 1. The number of rotatable bonds is 6. The third kappa shape index (κ3) is 4.66. The van der Waals surface area contributed by atoms with E-state index in [1.165, 1.54) is 12.1 Å². The van der Waals surface area contributed by atoms with E-state index in [-0.39, 0.29) is 11.8 Å². The molecular formula is C23H25FN2O2. The van der Waals surface area contributed by atoms with Gasteiger partial charge in [0.05, 0.1) is 6.54 Å². The molecule has 4 nitrogen and oxygen atoms in total. The lowest BCUT2D eigenvalue weighted by atomic mass is 10.0. The molecule has 0 unspecified atom stereocenters. The minimum absolute atomic E-state index is 0.218. The van der Waals surface area contributed by atoms with Gasteiger partial charge in [-0.3, -0.25) is 4.79 Å². The molecule has 5 heteroatoms. The van der Waals surface area contributed by atoms with Crippen LogP contribution in [0.15, 0.2) is 53.1 Å². The van der Waals surface area contributed by atoms with E-state index in [1.54, 1.807) is 17.0 Å². The van der Waals surface area contributed by atoms with Crippen molar-refractivity contribution < 1.29 is 13.7 Å². The summed E-state index contributed by atoms with van der Waals surface area (Å²) in [5.74, 6) is 0.306. The topological polar surface area (TPSA) is 46.3 Å². The fourth-order valence-corrected chi connectivity index (χ4v) is 3.17. The van der Waals surface area contributed by atoms with Gasteiger partial charge >= 0.3 is 0 Å². The Kier molecular flexibility index (Phi) is 5.93. The zero-order valence-electron chi connectivity index (χ0n) is 16.7. The molecule has 146 valence electrons. The molecule has 0 fully saturated rings. The van der Waals surface area contributed by atoms with Gasteiger partial charge in [0.15, 0.2) is 5.76 Å². The predicted octanol–water partition coefficient (Wildman–Crippen LogP) is 5.40. The second-order valence-electron chi connectivity index (χ2n) is 7.59. The monoisotopic (exact) mass is 380 g/mol. The second-order valence-corrected chi connectivity index (χ2v) is 7.59. The van der Waals surface area contributed by atoms with E-state index in [1.807, 2.05) is 39.8 Å². The van der Waals surface area contributed by atoms with Crippen LogP contribution in [0.5, 0.6) is 0 Å². The lowest BCUT2D eigenvalue weighted by molar-refractivity contribution is 0.0718. The lowest BCUT2D eigenvalue weighted by Crippen LogP contribution is -2.33. The van der Waals surface area contributed by atoms with E-state index in [0.29, 0.717) is 30.1 Å². The smallest absolute Gasteiger partial charge is 0.254 e. The molecule has 1 amide bonds. The predicted molar refractivity (Wildman–Crippen MR) is 107 cm³/mol. The SMILES string of the molecule is Cc1ccc(C)c(-c2cc(CN(CC(C)C)C(=O)c3cccc(F)c3)no2)c1. The summed E-state index contributed by atoms with van der Waals surface area (Å²) in [4.78, 5) is 14.6. The standard InChI is InChI=1S/C23H25FN2O2/c1-15(2)13-26(23(27)18-6-5-7-19(24)11-18)14-20-12-22(28-25-20)21-10-16(3)8-9-17(21)4/h5-12,15H,13-14H2,1-4H3.